The zero-order valence-electron chi connectivity index (χ0n) is 8.21. The lowest BCUT2D eigenvalue weighted by Gasteiger charge is -2.17. The zero-order valence-corrected chi connectivity index (χ0v) is 8.21. The molecule has 0 radical (unpaired) electrons. The lowest BCUT2D eigenvalue weighted by molar-refractivity contribution is -0.141. The summed E-state index contributed by atoms with van der Waals surface area (Å²) in [4.78, 5) is 10.6. The molecule has 2 N–H and O–H groups in total. The first-order valence-electron chi connectivity index (χ1n) is 4.49. The third-order valence-corrected chi connectivity index (χ3v) is 2.10. The van der Waals surface area contributed by atoms with Crippen LogP contribution in [-0.2, 0) is 4.79 Å². The maximum absolute atomic E-state index is 10.6. The van der Waals surface area contributed by atoms with E-state index in [2.05, 4.69) is 11.2 Å². The summed E-state index contributed by atoms with van der Waals surface area (Å²) in [5.74, 6) is 1.41. The molecule has 13 heavy (non-hydrogen) atoms. The van der Waals surface area contributed by atoms with Crippen molar-refractivity contribution in [1.29, 1.82) is 0 Å². The number of unbranched alkanes of at least 4 members (excludes halogenated alkanes) is 1. The van der Waals surface area contributed by atoms with Gasteiger partial charge in [0.1, 0.15) is 0 Å². The van der Waals surface area contributed by atoms with E-state index in [0.29, 0.717) is 0 Å². The molecule has 0 aliphatic carbocycles. The van der Waals surface area contributed by atoms with E-state index in [1.54, 1.807) is 6.92 Å². The standard InChI is InChI=1S/C10H17NO2/c1-4-5-6-7-11-9(3)8(2)10(12)13/h1,8-9,11H,5-7H2,2-3H3,(H,12,13). The van der Waals surface area contributed by atoms with Crippen molar-refractivity contribution < 1.29 is 9.90 Å². The largest absolute Gasteiger partial charge is 0.481 e. The van der Waals surface area contributed by atoms with Crippen LogP contribution in [0.25, 0.3) is 0 Å². The first-order chi connectivity index (χ1) is 6.09. The minimum absolute atomic E-state index is 0.00438. The number of rotatable bonds is 6. The van der Waals surface area contributed by atoms with Crippen molar-refractivity contribution in [3.05, 3.63) is 0 Å². The molecule has 0 aromatic rings. The van der Waals surface area contributed by atoms with E-state index in [9.17, 15) is 4.79 Å². The molecule has 3 nitrogen and oxygen atoms in total. The molecule has 0 aromatic carbocycles. The van der Waals surface area contributed by atoms with Crippen LogP contribution in [0.15, 0.2) is 0 Å². The van der Waals surface area contributed by atoms with Crippen LogP contribution in [0, 0.1) is 18.3 Å². The number of hydrogen-bond donors (Lipinski definition) is 2. The van der Waals surface area contributed by atoms with E-state index < -0.39 is 5.97 Å². The van der Waals surface area contributed by atoms with Gasteiger partial charge in [-0.1, -0.05) is 6.92 Å². The van der Waals surface area contributed by atoms with Gasteiger partial charge in [0.15, 0.2) is 0 Å². The van der Waals surface area contributed by atoms with Gasteiger partial charge in [-0.25, -0.2) is 0 Å². The second-order valence-electron chi connectivity index (χ2n) is 3.18. The average molecular weight is 183 g/mol. The van der Waals surface area contributed by atoms with Crippen molar-refractivity contribution in [3.8, 4) is 12.3 Å². The van der Waals surface area contributed by atoms with Crippen LogP contribution < -0.4 is 5.32 Å². The molecule has 0 aromatic heterocycles. The summed E-state index contributed by atoms with van der Waals surface area (Å²) in [6.07, 6.45) is 6.71. The van der Waals surface area contributed by atoms with Crippen LogP contribution in [0.3, 0.4) is 0 Å². The van der Waals surface area contributed by atoms with E-state index in [1.807, 2.05) is 6.92 Å². The van der Waals surface area contributed by atoms with Crippen LogP contribution in [-0.4, -0.2) is 23.7 Å². The Bertz CT molecular complexity index is 196. The van der Waals surface area contributed by atoms with E-state index in [-0.39, 0.29) is 12.0 Å². The SMILES string of the molecule is C#CCCCNC(C)C(C)C(=O)O. The first kappa shape index (κ1) is 12.0. The Morgan fingerprint density at radius 3 is 2.69 bits per heavy atom. The molecule has 2 unspecified atom stereocenters. The summed E-state index contributed by atoms with van der Waals surface area (Å²) in [5, 5.41) is 11.8. The third-order valence-electron chi connectivity index (χ3n) is 2.10. The maximum atomic E-state index is 10.6. The van der Waals surface area contributed by atoms with Gasteiger partial charge < -0.3 is 10.4 Å². The van der Waals surface area contributed by atoms with E-state index >= 15 is 0 Å². The summed E-state index contributed by atoms with van der Waals surface area (Å²) in [6, 6.07) is -0.00438. The topological polar surface area (TPSA) is 49.3 Å². The monoisotopic (exact) mass is 183 g/mol. The van der Waals surface area contributed by atoms with Gasteiger partial charge in [0.25, 0.3) is 0 Å². The Kier molecular flexibility index (Phi) is 5.99. The fraction of sp³-hybridized carbons (Fsp3) is 0.700. The van der Waals surface area contributed by atoms with Crippen molar-refractivity contribution in [2.24, 2.45) is 5.92 Å². The predicted molar refractivity (Wildman–Crippen MR) is 52.3 cm³/mol. The molecule has 0 saturated carbocycles. The van der Waals surface area contributed by atoms with Gasteiger partial charge in [-0.3, -0.25) is 4.79 Å². The van der Waals surface area contributed by atoms with Crippen LogP contribution in [0.4, 0.5) is 0 Å². The van der Waals surface area contributed by atoms with Gasteiger partial charge in [-0.05, 0) is 19.9 Å². The van der Waals surface area contributed by atoms with E-state index in [0.717, 1.165) is 19.4 Å². The number of aliphatic carboxylic acids is 1. The van der Waals surface area contributed by atoms with E-state index in [4.69, 9.17) is 11.5 Å². The number of hydrogen-bond acceptors (Lipinski definition) is 2. The molecule has 0 saturated heterocycles. The summed E-state index contributed by atoms with van der Waals surface area (Å²) < 4.78 is 0. The minimum Gasteiger partial charge on any atom is -0.481 e. The highest BCUT2D eigenvalue weighted by Crippen LogP contribution is 2.02. The Balaban J connectivity index is 3.57. The van der Waals surface area contributed by atoms with Gasteiger partial charge in [-0.2, -0.15) is 0 Å². The molecule has 0 amide bonds. The van der Waals surface area contributed by atoms with Crippen molar-refractivity contribution in [3.63, 3.8) is 0 Å². The van der Waals surface area contributed by atoms with Crippen LogP contribution in [0.1, 0.15) is 26.7 Å². The van der Waals surface area contributed by atoms with Crippen molar-refractivity contribution in [2.45, 2.75) is 32.7 Å². The molecular weight excluding hydrogens is 166 g/mol. The summed E-state index contributed by atoms with van der Waals surface area (Å²) in [7, 11) is 0. The summed E-state index contributed by atoms with van der Waals surface area (Å²) in [6.45, 7) is 4.35. The Morgan fingerprint density at radius 2 is 2.23 bits per heavy atom. The fourth-order valence-electron chi connectivity index (χ4n) is 0.911. The Hall–Kier alpha value is -1.01. The fourth-order valence-corrected chi connectivity index (χ4v) is 0.911. The highest BCUT2D eigenvalue weighted by Gasteiger charge is 2.17. The molecular formula is C10H17NO2. The van der Waals surface area contributed by atoms with Crippen molar-refractivity contribution >= 4 is 5.97 Å². The number of carboxylic acids is 1. The highest BCUT2D eigenvalue weighted by molar-refractivity contribution is 5.70. The predicted octanol–water partition coefficient (Wildman–Crippen LogP) is 1.10. The molecule has 0 rings (SSSR count). The molecule has 2 atom stereocenters. The second-order valence-corrected chi connectivity index (χ2v) is 3.18. The normalized spacial score (nSPS) is 14.5. The smallest absolute Gasteiger partial charge is 0.307 e. The van der Waals surface area contributed by atoms with Crippen LogP contribution in [0.5, 0.6) is 0 Å². The maximum Gasteiger partial charge on any atom is 0.307 e. The van der Waals surface area contributed by atoms with E-state index in [1.165, 1.54) is 0 Å². The number of terminal acetylenes is 1. The lowest BCUT2D eigenvalue weighted by atomic mass is 10.0. The Labute approximate surface area is 79.5 Å². The molecule has 0 spiro atoms. The zero-order chi connectivity index (χ0) is 10.3. The molecule has 0 bridgehead atoms. The average Bonchev–Trinajstić information content (AvgIpc) is 2.10. The van der Waals surface area contributed by atoms with Crippen LogP contribution >= 0.6 is 0 Å². The molecule has 0 fully saturated rings. The van der Waals surface area contributed by atoms with Gasteiger partial charge in [0, 0.05) is 12.5 Å². The quantitative estimate of drug-likeness (QED) is 0.479. The van der Waals surface area contributed by atoms with Gasteiger partial charge in [0.2, 0.25) is 0 Å². The second kappa shape index (κ2) is 6.50. The summed E-state index contributed by atoms with van der Waals surface area (Å²) in [5.41, 5.74) is 0. The lowest BCUT2D eigenvalue weighted by Crippen LogP contribution is -2.36. The minimum atomic E-state index is -0.767. The molecule has 74 valence electrons. The number of nitrogens with one attached hydrogen (secondary N) is 1. The van der Waals surface area contributed by atoms with Crippen LogP contribution in [0.2, 0.25) is 0 Å². The molecule has 0 heterocycles. The third kappa shape index (κ3) is 5.26. The van der Waals surface area contributed by atoms with Gasteiger partial charge >= 0.3 is 5.97 Å². The van der Waals surface area contributed by atoms with Gasteiger partial charge in [-0.15, -0.1) is 12.3 Å². The highest BCUT2D eigenvalue weighted by atomic mass is 16.4. The van der Waals surface area contributed by atoms with Crippen molar-refractivity contribution in [1.82, 2.24) is 5.32 Å². The molecule has 0 aliphatic heterocycles. The number of carboxylic acid groups (broad SMARTS) is 1. The first-order valence-corrected chi connectivity index (χ1v) is 4.49. The van der Waals surface area contributed by atoms with Crippen molar-refractivity contribution in [2.75, 3.05) is 6.54 Å². The number of carbonyl (C=O) groups is 1. The van der Waals surface area contributed by atoms with Gasteiger partial charge in [0.05, 0.1) is 5.92 Å². The summed E-state index contributed by atoms with van der Waals surface area (Å²) >= 11 is 0. The Morgan fingerprint density at radius 1 is 1.62 bits per heavy atom. The molecule has 0 aliphatic rings. The molecule has 3 heteroatoms.